The number of hydrogen-bond donors (Lipinski definition) is 1. The van der Waals surface area contributed by atoms with Gasteiger partial charge in [0, 0.05) is 18.1 Å². The zero-order valence-electron chi connectivity index (χ0n) is 11.7. The average Bonchev–Trinajstić information content (AvgIpc) is 2.74. The monoisotopic (exact) mass is 407 g/mol. The zero-order chi connectivity index (χ0) is 14.7. The Bertz CT molecular complexity index is 644. The quantitative estimate of drug-likeness (QED) is 0.583. The molecule has 110 valence electrons. The maximum absolute atomic E-state index is 12.4. The van der Waals surface area contributed by atoms with Gasteiger partial charge in [-0.05, 0) is 49.1 Å². The van der Waals surface area contributed by atoms with E-state index >= 15 is 0 Å². The van der Waals surface area contributed by atoms with Crippen molar-refractivity contribution in [3.63, 3.8) is 0 Å². The van der Waals surface area contributed by atoms with Gasteiger partial charge in [0.1, 0.15) is 0 Å². The Balaban J connectivity index is 0.000000704. The number of fused-ring (bicyclic) bond motifs is 1. The summed E-state index contributed by atoms with van der Waals surface area (Å²) in [4.78, 5) is 14.3. The molecule has 0 bridgehead atoms. The van der Waals surface area contributed by atoms with E-state index in [1.54, 1.807) is 11.6 Å². The maximum atomic E-state index is 12.4. The van der Waals surface area contributed by atoms with E-state index in [0.29, 0.717) is 11.1 Å². The second kappa shape index (κ2) is 6.95. The molecule has 2 aromatic rings. The molecule has 20 heavy (non-hydrogen) atoms. The minimum Gasteiger partial charge on any atom is -0.317 e. The standard InChI is InChI=1S/C13H16ClN3O.CH3I/c1-16-12-8-9(14)2-3-11(12)17(13(16)18)10-4-6-15-7-5-10;1-2/h2-3,8,10,15H,4-7H2,1H3;1H3. The van der Waals surface area contributed by atoms with E-state index in [9.17, 15) is 4.79 Å². The van der Waals surface area contributed by atoms with E-state index in [2.05, 4.69) is 27.9 Å². The number of alkyl halides is 1. The SMILES string of the molecule is CI.Cn1c(=O)n(C2CCNCC2)c2ccc(Cl)cc21. The molecular weight excluding hydrogens is 389 g/mol. The van der Waals surface area contributed by atoms with E-state index < -0.39 is 0 Å². The van der Waals surface area contributed by atoms with Gasteiger partial charge >= 0.3 is 5.69 Å². The summed E-state index contributed by atoms with van der Waals surface area (Å²) in [5, 5.41) is 3.99. The topological polar surface area (TPSA) is 39.0 Å². The van der Waals surface area contributed by atoms with Crippen molar-refractivity contribution in [1.82, 2.24) is 14.5 Å². The van der Waals surface area contributed by atoms with Gasteiger partial charge in [-0.2, -0.15) is 0 Å². The number of rotatable bonds is 1. The fourth-order valence-corrected chi connectivity index (χ4v) is 2.92. The number of nitrogens with zero attached hydrogens (tertiary/aromatic N) is 2. The van der Waals surface area contributed by atoms with Crippen LogP contribution in [-0.2, 0) is 7.05 Å². The van der Waals surface area contributed by atoms with E-state index in [0.717, 1.165) is 37.0 Å². The molecule has 2 heterocycles. The molecule has 1 aromatic heterocycles. The van der Waals surface area contributed by atoms with Crippen molar-refractivity contribution in [1.29, 1.82) is 0 Å². The Morgan fingerprint density at radius 3 is 2.55 bits per heavy atom. The molecule has 6 heteroatoms. The van der Waals surface area contributed by atoms with Crippen LogP contribution in [0.2, 0.25) is 5.02 Å². The van der Waals surface area contributed by atoms with Gasteiger partial charge < -0.3 is 5.32 Å². The lowest BCUT2D eigenvalue weighted by atomic mass is 10.1. The summed E-state index contributed by atoms with van der Waals surface area (Å²) >= 11 is 8.15. The second-order valence-corrected chi connectivity index (χ2v) is 5.26. The Kier molecular flexibility index (Phi) is 5.51. The third kappa shape index (κ3) is 2.89. The fourth-order valence-electron chi connectivity index (χ4n) is 2.75. The van der Waals surface area contributed by atoms with Crippen molar-refractivity contribution in [2.45, 2.75) is 18.9 Å². The molecule has 0 unspecified atom stereocenters. The minimum atomic E-state index is 0.0548. The third-order valence-corrected chi connectivity index (χ3v) is 3.96. The highest BCUT2D eigenvalue weighted by molar-refractivity contribution is 14.1. The van der Waals surface area contributed by atoms with Crippen LogP contribution in [0.3, 0.4) is 0 Å². The second-order valence-electron chi connectivity index (χ2n) is 4.83. The number of piperidine rings is 1. The molecule has 0 atom stereocenters. The summed E-state index contributed by atoms with van der Waals surface area (Å²) in [5.74, 6) is 0. The molecule has 1 aliphatic rings. The van der Waals surface area contributed by atoms with Crippen molar-refractivity contribution in [3.8, 4) is 0 Å². The number of benzene rings is 1. The first-order valence-electron chi connectivity index (χ1n) is 6.63. The highest BCUT2D eigenvalue weighted by Gasteiger charge is 2.21. The lowest BCUT2D eigenvalue weighted by Crippen LogP contribution is -2.34. The largest absolute Gasteiger partial charge is 0.329 e. The van der Waals surface area contributed by atoms with Gasteiger partial charge in [0.25, 0.3) is 0 Å². The molecular formula is C14H19ClIN3O. The van der Waals surface area contributed by atoms with Crippen LogP contribution >= 0.6 is 34.2 Å². The van der Waals surface area contributed by atoms with Crippen molar-refractivity contribution < 1.29 is 0 Å². The summed E-state index contributed by atoms with van der Waals surface area (Å²) in [7, 11) is 1.80. The number of aromatic nitrogens is 2. The van der Waals surface area contributed by atoms with Crippen LogP contribution in [0.1, 0.15) is 18.9 Å². The van der Waals surface area contributed by atoms with Gasteiger partial charge in [-0.1, -0.05) is 34.2 Å². The van der Waals surface area contributed by atoms with Gasteiger partial charge in [-0.25, -0.2) is 4.79 Å². The van der Waals surface area contributed by atoms with E-state index in [1.165, 1.54) is 0 Å². The van der Waals surface area contributed by atoms with Crippen LogP contribution in [-0.4, -0.2) is 27.2 Å². The summed E-state index contributed by atoms with van der Waals surface area (Å²) in [5.41, 5.74) is 1.95. The van der Waals surface area contributed by atoms with Gasteiger partial charge in [-0.15, -0.1) is 0 Å². The molecule has 4 nitrogen and oxygen atoms in total. The van der Waals surface area contributed by atoms with Crippen LogP contribution in [0.25, 0.3) is 11.0 Å². The number of aryl methyl sites for hydroxylation is 1. The molecule has 0 aliphatic carbocycles. The zero-order valence-corrected chi connectivity index (χ0v) is 14.6. The predicted octanol–water partition coefficient (Wildman–Crippen LogP) is 2.97. The molecule has 0 amide bonds. The first-order chi connectivity index (χ1) is 9.68. The fraction of sp³-hybridized carbons (Fsp3) is 0.500. The normalized spacial score (nSPS) is 16.0. The number of nitrogens with one attached hydrogen (secondary N) is 1. The Hall–Kier alpha value is -0.530. The Labute approximate surface area is 137 Å². The van der Waals surface area contributed by atoms with Crippen molar-refractivity contribution in [2.24, 2.45) is 7.05 Å². The van der Waals surface area contributed by atoms with Gasteiger partial charge in [0.15, 0.2) is 0 Å². The molecule has 1 saturated heterocycles. The summed E-state index contributed by atoms with van der Waals surface area (Å²) in [6.45, 7) is 1.95. The van der Waals surface area contributed by atoms with Crippen molar-refractivity contribution in [3.05, 3.63) is 33.7 Å². The first kappa shape index (κ1) is 15.9. The molecule has 0 spiro atoms. The highest BCUT2D eigenvalue weighted by Crippen LogP contribution is 2.24. The van der Waals surface area contributed by atoms with Crippen LogP contribution in [0, 0.1) is 0 Å². The summed E-state index contributed by atoms with van der Waals surface area (Å²) in [6.07, 6.45) is 2.00. The molecule has 1 N–H and O–H groups in total. The predicted molar refractivity (Wildman–Crippen MR) is 93.3 cm³/mol. The molecule has 1 fully saturated rings. The maximum Gasteiger partial charge on any atom is 0.329 e. The summed E-state index contributed by atoms with van der Waals surface area (Å²) in [6, 6.07) is 5.95. The smallest absolute Gasteiger partial charge is 0.317 e. The van der Waals surface area contributed by atoms with Crippen LogP contribution in [0.15, 0.2) is 23.0 Å². The van der Waals surface area contributed by atoms with Gasteiger partial charge in [0.05, 0.1) is 11.0 Å². The van der Waals surface area contributed by atoms with Gasteiger partial charge in [0.2, 0.25) is 0 Å². The molecule has 0 saturated carbocycles. The lowest BCUT2D eigenvalue weighted by Gasteiger charge is -2.23. The summed E-state index contributed by atoms with van der Waals surface area (Å²) < 4.78 is 3.61. The first-order valence-corrected chi connectivity index (χ1v) is 9.17. The minimum absolute atomic E-state index is 0.0548. The van der Waals surface area contributed by atoms with Crippen LogP contribution in [0.4, 0.5) is 0 Å². The van der Waals surface area contributed by atoms with Crippen molar-refractivity contribution in [2.75, 3.05) is 18.0 Å². The number of halogens is 2. The van der Waals surface area contributed by atoms with Gasteiger partial charge in [-0.3, -0.25) is 9.13 Å². The third-order valence-electron chi connectivity index (χ3n) is 3.73. The van der Waals surface area contributed by atoms with E-state index in [4.69, 9.17) is 11.6 Å². The van der Waals surface area contributed by atoms with Crippen LogP contribution in [0.5, 0.6) is 0 Å². The van der Waals surface area contributed by atoms with E-state index in [1.807, 2.05) is 27.7 Å². The average molecular weight is 408 g/mol. The van der Waals surface area contributed by atoms with Crippen molar-refractivity contribution >= 4 is 45.2 Å². The molecule has 1 aromatic carbocycles. The number of imidazole rings is 1. The molecule has 1 aliphatic heterocycles. The Morgan fingerprint density at radius 2 is 1.90 bits per heavy atom. The van der Waals surface area contributed by atoms with Crippen LogP contribution < -0.4 is 11.0 Å². The highest BCUT2D eigenvalue weighted by atomic mass is 127. The molecule has 0 radical (unpaired) electrons. The molecule has 3 rings (SSSR count). The lowest BCUT2D eigenvalue weighted by molar-refractivity contribution is 0.366. The number of hydrogen-bond acceptors (Lipinski definition) is 2. The van der Waals surface area contributed by atoms with E-state index in [-0.39, 0.29) is 5.69 Å². The Morgan fingerprint density at radius 1 is 1.25 bits per heavy atom.